The predicted molar refractivity (Wildman–Crippen MR) is 81.3 cm³/mol. The van der Waals surface area contributed by atoms with E-state index in [-0.39, 0.29) is 6.04 Å². The van der Waals surface area contributed by atoms with E-state index in [2.05, 4.69) is 28.2 Å². The number of hydrogen-bond acceptors (Lipinski definition) is 3. The number of nitrogens with two attached hydrogens (primary N) is 1. The van der Waals surface area contributed by atoms with Crippen LogP contribution >= 0.6 is 0 Å². The first-order chi connectivity index (χ1) is 9.72. The fourth-order valence-electron chi connectivity index (χ4n) is 2.35. The SMILES string of the molecule is Cc1cncc(C(N)Cc2ccc3ccccc3n2)c1. The van der Waals surface area contributed by atoms with Crippen molar-refractivity contribution < 1.29 is 0 Å². The zero-order valence-corrected chi connectivity index (χ0v) is 11.5. The third-order valence-electron chi connectivity index (χ3n) is 3.41. The summed E-state index contributed by atoms with van der Waals surface area (Å²) in [5.41, 5.74) is 10.5. The van der Waals surface area contributed by atoms with Crippen molar-refractivity contribution in [2.75, 3.05) is 0 Å². The average Bonchev–Trinajstić information content (AvgIpc) is 2.47. The van der Waals surface area contributed by atoms with Crippen LogP contribution in [0.25, 0.3) is 10.9 Å². The zero-order valence-electron chi connectivity index (χ0n) is 11.5. The summed E-state index contributed by atoms with van der Waals surface area (Å²) in [6.07, 6.45) is 4.39. The maximum atomic E-state index is 6.26. The van der Waals surface area contributed by atoms with E-state index in [4.69, 9.17) is 5.73 Å². The second kappa shape index (κ2) is 5.39. The summed E-state index contributed by atoms with van der Waals surface area (Å²) in [6, 6.07) is 14.3. The molecule has 2 N–H and O–H groups in total. The molecule has 100 valence electrons. The van der Waals surface area contributed by atoms with Crippen LogP contribution in [0.4, 0.5) is 0 Å². The molecular formula is C17H17N3. The van der Waals surface area contributed by atoms with Crippen molar-refractivity contribution in [1.29, 1.82) is 0 Å². The molecule has 3 rings (SSSR count). The molecular weight excluding hydrogens is 246 g/mol. The van der Waals surface area contributed by atoms with Gasteiger partial charge in [-0.2, -0.15) is 0 Å². The van der Waals surface area contributed by atoms with E-state index in [1.807, 2.05) is 43.6 Å². The first-order valence-corrected chi connectivity index (χ1v) is 6.74. The fraction of sp³-hybridized carbons (Fsp3) is 0.176. The molecule has 2 heterocycles. The van der Waals surface area contributed by atoms with Crippen molar-refractivity contribution in [3.63, 3.8) is 0 Å². The molecule has 0 saturated heterocycles. The van der Waals surface area contributed by atoms with Gasteiger partial charge in [0.1, 0.15) is 0 Å². The van der Waals surface area contributed by atoms with Crippen LogP contribution in [0.15, 0.2) is 54.9 Å². The highest BCUT2D eigenvalue weighted by atomic mass is 14.7. The monoisotopic (exact) mass is 263 g/mol. The van der Waals surface area contributed by atoms with Crippen LogP contribution in [0.3, 0.4) is 0 Å². The van der Waals surface area contributed by atoms with Gasteiger partial charge >= 0.3 is 0 Å². The minimum Gasteiger partial charge on any atom is -0.324 e. The van der Waals surface area contributed by atoms with Crippen molar-refractivity contribution >= 4 is 10.9 Å². The lowest BCUT2D eigenvalue weighted by atomic mass is 10.0. The Morgan fingerprint density at radius 1 is 1.10 bits per heavy atom. The highest BCUT2D eigenvalue weighted by molar-refractivity contribution is 5.78. The molecule has 3 nitrogen and oxygen atoms in total. The summed E-state index contributed by atoms with van der Waals surface area (Å²) >= 11 is 0. The lowest BCUT2D eigenvalue weighted by Gasteiger charge is -2.12. The van der Waals surface area contributed by atoms with E-state index < -0.39 is 0 Å². The van der Waals surface area contributed by atoms with Crippen molar-refractivity contribution in [2.45, 2.75) is 19.4 Å². The van der Waals surface area contributed by atoms with E-state index in [1.165, 1.54) is 0 Å². The molecule has 0 bridgehead atoms. The molecule has 0 radical (unpaired) electrons. The lowest BCUT2D eigenvalue weighted by Crippen LogP contribution is -2.14. The zero-order chi connectivity index (χ0) is 13.9. The fourth-order valence-corrected chi connectivity index (χ4v) is 2.35. The van der Waals surface area contributed by atoms with Crippen LogP contribution in [0.1, 0.15) is 22.9 Å². The van der Waals surface area contributed by atoms with Crippen LogP contribution in [-0.2, 0) is 6.42 Å². The second-order valence-electron chi connectivity index (χ2n) is 5.10. The number of fused-ring (bicyclic) bond motifs is 1. The summed E-state index contributed by atoms with van der Waals surface area (Å²) in [4.78, 5) is 8.86. The first-order valence-electron chi connectivity index (χ1n) is 6.74. The molecule has 1 atom stereocenters. The quantitative estimate of drug-likeness (QED) is 0.789. The molecule has 1 unspecified atom stereocenters. The third kappa shape index (κ3) is 2.68. The number of para-hydroxylation sites is 1. The molecule has 1 aromatic carbocycles. The molecule has 20 heavy (non-hydrogen) atoms. The van der Waals surface area contributed by atoms with Gasteiger partial charge in [0, 0.05) is 35.9 Å². The summed E-state index contributed by atoms with van der Waals surface area (Å²) in [5.74, 6) is 0. The van der Waals surface area contributed by atoms with Crippen molar-refractivity contribution in [1.82, 2.24) is 9.97 Å². The van der Waals surface area contributed by atoms with E-state index in [1.54, 1.807) is 0 Å². The Kier molecular flexibility index (Phi) is 3.44. The Balaban J connectivity index is 1.85. The molecule has 3 heteroatoms. The van der Waals surface area contributed by atoms with Gasteiger partial charge in [0.05, 0.1) is 5.52 Å². The van der Waals surface area contributed by atoms with Gasteiger partial charge in [-0.25, -0.2) is 0 Å². The van der Waals surface area contributed by atoms with Crippen LogP contribution in [0.5, 0.6) is 0 Å². The van der Waals surface area contributed by atoms with Gasteiger partial charge in [0.25, 0.3) is 0 Å². The molecule has 0 saturated carbocycles. The van der Waals surface area contributed by atoms with Gasteiger partial charge in [0.2, 0.25) is 0 Å². The molecule has 0 aliphatic heterocycles. The molecule has 0 spiro atoms. The summed E-state index contributed by atoms with van der Waals surface area (Å²) in [6.45, 7) is 2.03. The molecule has 3 aromatic rings. The molecule has 0 aliphatic carbocycles. The number of rotatable bonds is 3. The average molecular weight is 263 g/mol. The van der Waals surface area contributed by atoms with Crippen LogP contribution in [0.2, 0.25) is 0 Å². The Morgan fingerprint density at radius 2 is 1.95 bits per heavy atom. The third-order valence-corrected chi connectivity index (χ3v) is 3.41. The molecule has 2 aromatic heterocycles. The largest absolute Gasteiger partial charge is 0.324 e. The molecule has 0 aliphatic rings. The van der Waals surface area contributed by atoms with E-state index >= 15 is 0 Å². The second-order valence-corrected chi connectivity index (χ2v) is 5.10. The minimum absolute atomic E-state index is 0.0731. The summed E-state index contributed by atoms with van der Waals surface area (Å²) in [5, 5.41) is 1.15. The maximum absolute atomic E-state index is 6.26. The van der Waals surface area contributed by atoms with Crippen molar-refractivity contribution in [3.8, 4) is 0 Å². The smallest absolute Gasteiger partial charge is 0.0705 e. The summed E-state index contributed by atoms with van der Waals surface area (Å²) in [7, 11) is 0. The topological polar surface area (TPSA) is 51.8 Å². The van der Waals surface area contributed by atoms with Gasteiger partial charge in [-0.3, -0.25) is 9.97 Å². The Hall–Kier alpha value is -2.26. The Morgan fingerprint density at radius 3 is 2.80 bits per heavy atom. The van der Waals surface area contributed by atoms with E-state index in [9.17, 15) is 0 Å². The Bertz CT molecular complexity index is 737. The van der Waals surface area contributed by atoms with Crippen LogP contribution in [-0.4, -0.2) is 9.97 Å². The standard InChI is InChI=1S/C17H17N3/c1-12-8-14(11-19-10-12)16(18)9-15-7-6-13-4-2-3-5-17(13)20-15/h2-8,10-11,16H,9,18H2,1H3. The van der Waals surface area contributed by atoms with Gasteiger partial charge in [-0.15, -0.1) is 0 Å². The number of nitrogens with zero attached hydrogens (tertiary/aromatic N) is 2. The Labute approximate surface area is 118 Å². The van der Waals surface area contributed by atoms with Crippen molar-refractivity contribution in [3.05, 3.63) is 71.7 Å². The van der Waals surface area contributed by atoms with Crippen LogP contribution in [0, 0.1) is 6.92 Å². The van der Waals surface area contributed by atoms with Gasteiger partial charge in [0.15, 0.2) is 0 Å². The number of aromatic nitrogens is 2. The first kappa shape index (κ1) is 12.8. The highest BCUT2D eigenvalue weighted by Crippen LogP contribution is 2.18. The molecule has 0 amide bonds. The number of pyridine rings is 2. The number of aryl methyl sites for hydroxylation is 1. The summed E-state index contributed by atoms with van der Waals surface area (Å²) < 4.78 is 0. The van der Waals surface area contributed by atoms with Crippen molar-refractivity contribution in [2.24, 2.45) is 5.73 Å². The van der Waals surface area contributed by atoms with E-state index in [0.717, 1.165) is 34.1 Å². The number of benzene rings is 1. The van der Waals surface area contributed by atoms with Gasteiger partial charge in [-0.05, 0) is 30.2 Å². The maximum Gasteiger partial charge on any atom is 0.0705 e. The lowest BCUT2D eigenvalue weighted by molar-refractivity contribution is 0.704. The normalized spacial score (nSPS) is 12.5. The molecule has 0 fully saturated rings. The van der Waals surface area contributed by atoms with E-state index in [0.29, 0.717) is 0 Å². The predicted octanol–water partition coefficient (Wildman–Crippen LogP) is 3.18. The number of hydrogen-bond donors (Lipinski definition) is 1. The minimum atomic E-state index is -0.0731. The van der Waals surface area contributed by atoms with Gasteiger partial charge in [-0.1, -0.05) is 30.3 Å². The van der Waals surface area contributed by atoms with Crippen LogP contribution < -0.4 is 5.73 Å². The van der Waals surface area contributed by atoms with Gasteiger partial charge < -0.3 is 5.73 Å². The highest BCUT2D eigenvalue weighted by Gasteiger charge is 2.09.